The van der Waals surface area contributed by atoms with Crippen LogP contribution in [-0.2, 0) is 0 Å². The lowest BCUT2D eigenvalue weighted by molar-refractivity contribution is 0.958. The van der Waals surface area contributed by atoms with Gasteiger partial charge in [-0.15, -0.1) is 0 Å². The third-order valence-electron chi connectivity index (χ3n) is 3.29. The van der Waals surface area contributed by atoms with Gasteiger partial charge in [0, 0.05) is 24.3 Å². The van der Waals surface area contributed by atoms with Crippen LogP contribution in [-0.4, -0.2) is 23.1 Å². The quantitative estimate of drug-likeness (QED) is 0.899. The summed E-state index contributed by atoms with van der Waals surface area (Å²) in [5.74, 6) is 1.87. The maximum absolute atomic E-state index is 4.47. The Kier molecular flexibility index (Phi) is 4.56. The molecule has 0 bridgehead atoms. The van der Waals surface area contributed by atoms with Crippen molar-refractivity contribution in [2.45, 2.75) is 27.7 Å². The van der Waals surface area contributed by atoms with Crippen molar-refractivity contribution in [3.05, 3.63) is 41.7 Å². The largest absolute Gasteiger partial charge is 0.370 e. The Hall–Kier alpha value is -2.10. The highest BCUT2D eigenvalue weighted by molar-refractivity contribution is 5.67. The van der Waals surface area contributed by atoms with Crippen LogP contribution in [0.2, 0.25) is 0 Å². The molecule has 4 heteroatoms. The third kappa shape index (κ3) is 2.90. The van der Waals surface area contributed by atoms with Crippen LogP contribution in [0.1, 0.15) is 25.0 Å². The fourth-order valence-electron chi connectivity index (χ4n) is 2.31. The SMILES string of the molecule is CCNc1ncnc(N(CC)c2cccc(C)c2)c1C. The van der Waals surface area contributed by atoms with Crippen molar-refractivity contribution in [1.82, 2.24) is 9.97 Å². The number of rotatable bonds is 5. The number of nitrogens with one attached hydrogen (secondary N) is 1. The summed E-state index contributed by atoms with van der Waals surface area (Å²) in [6.07, 6.45) is 1.62. The van der Waals surface area contributed by atoms with Crippen molar-refractivity contribution in [3.8, 4) is 0 Å². The maximum Gasteiger partial charge on any atom is 0.141 e. The normalized spacial score (nSPS) is 10.4. The lowest BCUT2D eigenvalue weighted by atomic mass is 10.2. The number of hydrogen-bond donors (Lipinski definition) is 1. The van der Waals surface area contributed by atoms with E-state index in [9.17, 15) is 0 Å². The lowest BCUT2D eigenvalue weighted by Crippen LogP contribution is -2.19. The number of aryl methyl sites for hydroxylation is 1. The Balaban J connectivity index is 2.44. The van der Waals surface area contributed by atoms with Crippen molar-refractivity contribution >= 4 is 17.3 Å². The van der Waals surface area contributed by atoms with E-state index in [-0.39, 0.29) is 0 Å². The van der Waals surface area contributed by atoms with Crippen LogP contribution in [0.4, 0.5) is 17.3 Å². The first kappa shape index (κ1) is 14.3. The molecule has 0 saturated heterocycles. The van der Waals surface area contributed by atoms with E-state index in [2.05, 4.69) is 72.1 Å². The van der Waals surface area contributed by atoms with E-state index in [0.717, 1.165) is 36.0 Å². The zero-order valence-electron chi connectivity index (χ0n) is 12.6. The van der Waals surface area contributed by atoms with Gasteiger partial charge in [0.15, 0.2) is 0 Å². The predicted octanol–water partition coefficient (Wildman–Crippen LogP) is 3.68. The summed E-state index contributed by atoms with van der Waals surface area (Å²) in [5, 5.41) is 3.28. The number of aromatic nitrogens is 2. The first-order valence-corrected chi connectivity index (χ1v) is 7.07. The number of benzene rings is 1. The molecule has 0 aliphatic carbocycles. The fraction of sp³-hybridized carbons (Fsp3) is 0.375. The second kappa shape index (κ2) is 6.37. The molecular formula is C16H22N4. The molecule has 0 radical (unpaired) electrons. The Morgan fingerprint density at radius 1 is 1.15 bits per heavy atom. The Labute approximate surface area is 120 Å². The van der Waals surface area contributed by atoms with E-state index in [1.54, 1.807) is 6.33 Å². The first-order valence-electron chi connectivity index (χ1n) is 7.07. The van der Waals surface area contributed by atoms with Crippen molar-refractivity contribution in [2.24, 2.45) is 0 Å². The topological polar surface area (TPSA) is 41.1 Å². The molecule has 1 N–H and O–H groups in total. The number of anilines is 3. The van der Waals surface area contributed by atoms with Gasteiger partial charge >= 0.3 is 0 Å². The van der Waals surface area contributed by atoms with E-state index in [0.29, 0.717) is 0 Å². The van der Waals surface area contributed by atoms with Crippen LogP contribution < -0.4 is 10.2 Å². The Morgan fingerprint density at radius 2 is 1.95 bits per heavy atom. The molecule has 0 aliphatic rings. The highest BCUT2D eigenvalue weighted by Crippen LogP contribution is 2.29. The molecule has 1 heterocycles. The lowest BCUT2D eigenvalue weighted by Gasteiger charge is -2.24. The average molecular weight is 270 g/mol. The molecule has 0 saturated carbocycles. The van der Waals surface area contributed by atoms with Crippen molar-refractivity contribution in [1.29, 1.82) is 0 Å². The summed E-state index contributed by atoms with van der Waals surface area (Å²) in [5.41, 5.74) is 3.49. The van der Waals surface area contributed by atoms with Gasteiger partial charge in [0.05, 0.1) is 0 Å². The van der Waals surface area contributed by atoms with Crippen LogP contribution >= 0.6 is 0 Å². The molecule has 0 fully saturated rings. The third-order valence-corrected chi connectivity index (χ3v) is 3.29. The monoisotopic (exact) mass is 270 g/mol. The molecule has 2 aromatic rings. The summed E-state index contributed by atoms with van der Waals surface area (Å²) in [6, 6.07) is 8.48. The fourth-order valence-corrected chi connectivity index (χ4v) is 2.31. The summed E-state index contributed by atoms with van der Waals surface area (Å²) < 4.78 is 0. The minimum atomic E-state index is 0.855. The minimum absolute atomic E-state index is 0.855. The molecule has 20 heavy (non-hydrogen) atoms. The highest BCUT2D eigenvalue weighted by Gasteiger charge is 2.14. The first-order chi connectivity index (χ1) is 9.67. The highest BCUT2D eigenvalue weighted by atomic mass is 15.2. The van der Waals surface area contributed by atoms with E-state index >= 15 is 0 Å². The van der Waals surface area contributed by atoms with E-state index in [1.807, 2.05) is 0 Å². The molecule has 4 nitrogen and oxygen atoms in total. The molecule has 0 aliphatic heterocycles. The maximum atomic E-state index is 4.47. The smallest absolute Gasteiger partial charge is 0.141 e. The average Bonchev–Trinajstić information content (AvgIpc) is 2.44. The molecule has 0 atom stereocenters. The molecule has 1 aromatic heterocycles. The molecule has 0 amide bonds. The zero-order valence-corrected chi connectivity index (χ0v) is 12.6. The van der Waals surface area contributed by atoms with Crippen LogP contribution in [0.15, 0.2) is 30.6 Å². The predicted molar refractivity (Wildman–Crippen MR) is 84.8 cm³/mol. The number of nitrogens with zero attached hydrogens (tertiary/aromatic N) is 3. The molecule has 1 aromatic carbocycles. The summed E-state index contributed by atoms with van der Waals surface area (Å²) >= 11 is 0. The van der Waals surface area contributed by atoms with Crippen LogP contribution in [0.5, 0.6) is 0 Å². The van der Waals surface area contributed by atoms with Gasteiger partial charge in [0.1, 0.15) is 18.0 Å². The number of hydrogen-bond acceptors (Lipinski definition) is 4. The zero-order chi connectivity index (χ0) is 14.5. The van der Waals surface area contributed by atoms with Gasteiger partial charge in [-0.1, -0.05) is 12.1 Å². The van der Waals surface area contributed by atoms with Crippen LogP contribution in [0.3, 0.4) is 0 Å². The molecule has 0 unspecified atom stereocenters. The van der Waals surface area contributed by atoms with Gasteiger partial charge in [-0.25, -0.2) is 9.97 Å². The standard InChI is InChI=1S/C16H22N4/c1-5-17-15-13(4)16(19-11-18-15)20(6-2)14-9-7-8-12(3)10-14/h7-11H,5-6H2,1-4H3,(H,17,18,19). The molecular weight excluding hydrogens is 248 g/mol. The van der Waals surface area contributed by atoms with Gasteiger partial charge < -0.3 is 10.2 Å². The second-order valence-electron chi connectivity index (χ2n) is 4.78. The second-order valence-corrected chi connectivity index (χ2v) is 4.78. The van der Waals surface area contributed by atoms with E-state index in [1.165, 1.54) is 5.56 Å². The Morgan fingerprint density at radius 3 is 2.60 bits per heavy atom. The van der Waals surface area contributed by atoms with Crippen LogP contribution in [0, 0.1) is 13.8 Å². The van der Waals surface area contributed by atoms with Gasteiger partial charge in [0.25, 0.3) is 0 Å². The van der Waals surface area contributed by atoms with Crippen molar-refractivity contribution < 1.29 is 0 Å². The van der Waals surface area contributed by atoms with Crippen LogP contribution in [0.25, 0.3) is 0 Å². The Bertz CT molecular complexity index is 580. The molecule has 106 valence electrons. The molecule has 0 spiro atoms. The van der Waals surface area contributed by atoms with E-state index in [4.69, 9.17) is 0 Å². The molecule has 2 rings (SSSR count). The van der Waals surface area contributed by atoms with Crippen molar-refractivity contribution in [2.75, 3.05) is 23.3 Å². The summed E-state index contributed by atoms with van der Waals surface area (Å²) in [6.45, 7) is 10.1. The van der Waals surface area contributed by atoms with Gasteiger partial charge in [-0.2, -0.15) is 0 Å². The van der Waals surface area contributed by atoms with Crippen molar-refractivity contribution in [3.63, 3.8) is 0 Å². The minimum Gasteiger partial charge on any atom is -0.370 e. The van der Waals surface area contributed by atoms with Gasteiger partial charge in [0.2, 0.25) is 0 Å². The van der Waals surface area contributed by atoms with E-state index < -0.39 is 0 Å². The summed E-state index contributed by atoms with van der Waals surface area (Å²) in [4.78, 5) is 11.0. The summed E-state index contributed by atoms with van der Waals surface area (Å²) in [7, 11) is 0. The van der Waals surface area contributed by atoms with Gasteiger partial charge in [-0.3, -0.25) is 0 Å². The van der Waals surface area contributed by atoms with Gasteiger partial charge in [-0.05, 0) is 45.4 Å².